The molecule has 0 bridgehead atoms. The molecule has 0 aliphatic carbocycles. The molecule has 26 heavy (non-hydrogen) atoms. The van der Waals surface area contributed by atoms with Crippen molar-refractivity contribution in [1.82, 2.24) is 9.97 Å². The second-order valence-electron chi connectivity index (χ2n) is 4.49. The highest BCUT2D eigenvalue weighted by Gasteiger charge is 2.12. The van der Waals surface area contributed by atoms with Crippen LogP contribution in [0.3, 0.4) is 0 Å². The minimum atomic E-state index is -0.402. The number of hydrogen-bond donors (Lipinski definition) is 2. The first-order chi connectivity index (χ1) is 12.0. The highest BCUT2D eigenvalue weighted by molar-refractivity contribution is 6.30. The van der Waals surface area contributed by atoms with Crippen molar-refractivity contribution < 1.29 is 14.3 Å². The fourth-order valence-corrected chi connectivity index (χ4v) is 2.07. The molecule has 0 unspecified atom stereocenters. The molecule has 0 saturated carbocycles. The molecule has 0 radical (unpaired) electrons. The minimum absolute atomic E-state index is 0. The van der Waals surface area contributed by atoms with Crippen molar-refractivity contribution in [2.45, 2.75) is 14.4 Å². The van der Waals surface area contributed by atoms with Gasteiger partial charge < -0.3 is 15.4 Å². The average Bonchev–Trinajstić information content (AvgIpc) is 2.62. The number of carbonyl (C=O) groups excluding carboxylic acids is 2. The van der Waals surface area contributed by atoms with Crippen LogP contribution in [0, 0.1) is 0 Å². The van der Waals surface area contributed by atoms with E-state index in [1.807, 2.05) is 0 Å². The molecule has 0 aliphatic rings. The predicted molar refractivity (Wildman–Crippen MR) is 106 cm³/mol. The van der Waals surface area contributed by atoms with E-state index in [0.29, 0.717) is 39.4 Å². The lowest BCUT2D eigenvalue weighted by atomic mass is 10.2. The van der Waals surface area contributed by atoms with Crippen LogP contribution in [-0.2, 0) is 4.74 Å². The molecule has 0 spiro atoms. The Morgan fingerprint density at radius 2 is 1.65 bits per heavy atom. The van der Waals surface area contributed by atoms with Gasteiger partial charge in [0.1, 0.15) is 15.9 Å². The van der Waals surface area contributed by atoms with Crippen LogP contribution < -0.4 is 10.6 Å². The van der Waals surface area contributed by atoms with Gasteiger partial charge in [0.15, 0.2) is 6.29 Å². The van der Waals surface area contributed by atoms with Crippen molar-refractivity contribution in [1.29, 1.82) is 0 Å². The van der Waals surface area contributed by atoms with Crippen LogP contribution in [0.1, 0.15) is 35.1 Å². The molecule has 2 aromatic rings. The molecule has 2 N–H and O–H groups in total. The molecular weight excluding hydrogens is 379 g/mol. The summed E-state index contributed by atoms with van der Waals surface area (Å²) in [5, 5.41) is 6.39. The molecule has 0 saturated heterocycles. The molecule has 2 rings (SSSR count). The normalized spacial score (nSPS) is 9.12. The average molecular weight is 401 g/mol. The topological polar surface area (TPSA) is 93.2 Å². The van der Waals surface area contributed by atoms with Crippen LogP contribution in [0.15, 0.2) is 24.5 Å². The number of carbonyl (C=O) groups is 2. The summed E-state index contributed by atoms with van der Waals surface area (Å²) in [7, 11) is 3.42. The van der Waals surface area contributed by atoms with Gasteiger partial charge in [-0.05, 0) is 19.1 Å². The number of aromatic nitrogens is 2. The van der Waals surface area contributed by atoms with Gasteiger partial charge in [-0.2, -0.15) is 0 Å². The number of nitrogens with one attached hydrogen (secondary N) is 2. The van der Waals surface area contributed by atoms with Crippen molar-refractivity contribution in [2.75, 3.05) is 31.3 Å². The molecule has 7 nitrogen and oxygen atoms in total. The molecule has 0 amide bonds. The number of anilines is 2. The molecule has 2 heterocycles. The number of nitrogens with zero attached hydrogens (tertiary/aromatic N) is 2. The van der Waals surface area contributed by atoms with Crippen LogP contribution in [0.4, 0.5) is 11.4 Å². The summed E-state index contributed by atoms with van der Waals surface area (Å²) in [6.45, 7) is 2.09. The van der Waals surface area contributed by atoms with Gasteiger partial charge in [-0.15, -0.1) is 0 Å². The largest absolute Gasteiger partial charge is 0.462 e. The van der Waals surface area contributed by atoms with E-state index in [2.05, 4.69) is 20.6 Å². The van der Waals surface area contributed by atoms with E-state index in [-0.39, 0.29) is 7.43 Å². The van der Waals surface area contributed by atoms with Crippen molar-refractivity contribution in [3.05, 3.63) is 46.0 Å². The molecule has 142 valence electrons. The van der Waals surface area contributed by atoms with Crippen molar-refractivity contribution in [2.24, 2.45) is 0 Å². The van der Waals surface area contributed by atoms with Crippen LogP contribution in [0.25, 0.3) is 0 Å². The maximum absolute atomic E-state index is 11.4. The summed E-state index contributed by atoms with van der Waals surface area (Å²) in [5.41, 5.74) is 2.21. The molecule has 0 aromatic carbocycles. The first-order valence-corrected chi connectivity index (χ1v) is 8.01. The lowest BCUT2D eigenvalue weighted by molar-refractivity contribution is 0.0527. The van der Waals surface area contributed by atoms with Crippen molar-refractivity contribution in [3.63, 3.8) is 0 Å². The lowest BCUT2D eigenvalue weighted by Crippen LogP contribution is -2.08. The third kappa shape index (κ3) is 6.85. The molecule has 0 atom stereocenters. The zero-order valence-electron chi connectivity index (χ0n) is 14.0. The number of aldehydes is 1. The minimum Gasteiger partial charge on any atom is -0.462 e. The van der Waals surface area contributed by atoms with Crippen LogP contribution in [0.2, 0.25) is 10.3 Å². The lowest BCUT2D eigenvalue weighted by Gasteiger charge is -2.07. The van der Waals surface area contributed by atoms with E-state index >= 15 is 0 Å². The summed E-state index contributed by atoms with van der Waals surface area (Å²) in [6.07, 6.45) is 3.56. The van der Waals surface area contributed by atoms with Gasteiger partial charge in [0.25, 0.3) is 0 Å². The van der Waals surface area contributed by atoms with Crippen LogP contribution >= 0.6 is 23.2 Å². The number of ether oxygens (including phenoxy) is 1. The Bertz CT molecular complexity index is 742. The first kappa shape index (κ1) is 23.6. The maximum Gasteiger partial charge on any atom is 0.341 e. The molecule has 0 aliphatic heterocycles. The third-order valence-electron chi connectivity index (χ3n) is 2.93. The van der Waals surface area contributed by atoms with Gasteiger partial charge in [0, 0.05) is 32.2 Å². The van der Waals surface area contributed by atoms with Crippen molar-refractivity contribution >= 4 is 46.8 Å². The third-order valence-corrected chi connectivity index (χ3v) is 3.35. The van der Waals surface area contributed by atoms with E-state index in [1.165, 1.54) is 12.4 Å². The fraction of sp³-hybridized carbons (Fsp3) is 0.294. The van der Waals surface area contributed by atoms with Gasteiger partial charge in [-0.25, -0.2) is 14.8 Å². The van der Waals surface area contributed by atoms with E-state index in [4.69, 9.17) is 27.9 Å². The van der Waals surface area contributed by atoms with Gasteiger partial charge in [-0.1, -0.05) is 30.6 Å². The quantitative estimate of drug-likeness (QED) is 0.441. The van der Waals surface area contributed by atoms with Gasteiger partial charge in [0.2, 0.25) is 0 Å². The van der Waals surface area contributed by atoms with Gasteiger partial charge in [-0.3, -0.25) is 4.79 Å². The number of rotatable bonds is 5. The van der Waals surface area contributed by atoms with Crippen LogP contribution in [0.5, 0.6) is 0 Å². The summed E-state index contributed by atoms with van der Waals surface area (Å²) >= 11 is 11.3. The van der Waals surface area contributed by atoms with Crippen LogP contribution in [-0.4, -0.2) is 42.9 Å². The monoisotopic (exact) mass is 400 g/mol. The Labute approximate surface area is 163 Å². The predicted octanol–water partition coefficient (Wildman–Crippen LogP) is 4.18. The molecule has 2 aromatic heterocycles. The van der Waals surface area contributed by atoms with Crippen molar-refractivity contribution in [3.8, 4) is 0 Å². The summed E-state index contributed by atoms with van der Waals surface area (Å²) < 4.78 is 4.85. The highest BCUT2D eigenvalue weighted by Crippen LogP contribution is 2.19. The van der Waals surface area contributed by atoms with E-state index in [9.17, 15) is 9.59 Å². The Hall–Kier alpha value is -2.38. The first-order valence-electron chi connectivity index (χ1n) is 7.25. The Morgan fingerprint density at radius 1 is 1.12 bits per heavy atom. The SMILES string of the molecule is C.CCOC(=O)c1cnc(Cl)cc1NC.CNc1cc(Cl)ncc1C=O. The Kier molecular flexibility index (Phi) is 10.9. The molecule has 0 fully saturated rings. The Morgan fingerprint density at radius 3 is 2.15 bits per heavy atom. The summed E-state index contributed by atoms with van der Waals surface area (Å²) in [5.74, 6) is -0.402. The Balaban J connectivity index is 0.000000475. The number of pyridine rings is 2. The number of halogens is 2. The molecular formula is C17H22Cl2N4O3. The second kappa shape index (κ2) is 12.1. The zero-order valence-corrected chi connectivity index (χ0v) is 15.5. The maximum atomic E-state index is 11.4. The van der Waals surface area contributed by atoms with Gasteiger partial charge >= 0.3 is 5.97 Å². The van der Waals surface area contributed by atoms with E-state index in [0.717, 1.165) is 6.29 Å². The second-order valence-corrected chi connectivity index (χ2v) is 5.26. The zero-order chi connectivity index (χ0) is 18.8. The smallest absolute Gasteiger partial charge is 0.341 e. The number of esters is 1. The summed E-state index contributed by atoms with van der Waals surface area (Å²) in [4.78, 5) is 29.3. The number of hydrogen-bond acceptors (Lipinski definition) is 7. The highest BCUT2D eigenvalue weighted by atomic mass is 35.5. The summed E-state index contributed by atoms with van der Waals surface area (Å²) in [6, 6.07) is 3.18. The van der Waals surface area contributed by atoms with E-state index < -0.39 is 5.97 Å². The fourth-order valence-electron chi connectivity index (χ4n) is 1.76. The van der Waals surface area contributed by atoms with E-state index in [1.54, 1.807) is 33.2 Å². The van der Waals surface area contributed by atoms with Gasteiger partial charge in [0.05, 0.1) is 17.9 Å². The molecule has 9 heteroatoms. The standard InChI is InChI=1S/C9H11ClN2O2.C7H7ClN2O.CH4/c1-3-14-9(13)6-5-12-8(10)4-7(6)11-2;1-9-6-2-7(8)10-3-5(6)4-11;/h4-5H,3H2,1-2H3,(H,11,12);2-4H,1H3,(H,9,10);1H4.